The van der Waals surface area contributed by atoms with Gasteiger partial charge in [-0.15, -0.1) is 11.3 Å². The van der Waals surface area contributed by atoms with Gasteiger partial charge in [0.15, 0.2) is 5.78 Å². The lowest BCUT2D eigenvalue weighted by atomic mass is 9.99. The molecular weight excluding hydrogens is 244 g/mol. The van der Waals surface area contributed by atoms with Crippen molar-refractivity contribution < 1.29 is 4.79 Å². The smallest absolute Gasteiger partial charge is 0.168 e. The van der Waals surface area contributed by atoms with E-state index in [0.29, 0.717) is 6.42 Å². The molecule has 18 heavy (non-hydrogen) atoms. The molecule has 1 aromatic heterocycles. The molecule has 2 rings (SSSR count). The number of likely N-dealkylation sites (N-methyl/N-ethyl adjacent to an activating group) is 1. The summed E-state index contributed by atoms with van der Waals surface area (Å²) in [6, 6.07) is 7.84. The third-order valence-electron chi connectivity index (χ3n) is 2.78. The molecule has 0 amide bonds. The molecule has 2 aromatic rings. The highest BCUT2D eigenvalue weighted by Gasteiger charge is 2.11. The highest BCUT2D eigenvalue weighted by molar-refractivity contribution is 7.09. The summed E-state index contributed by atoms with van der Waals surface area (Å²) >= 11 is 1.53. The minimum absolute atomic E-state index is 0.172. The maximum absolute atomic E-state index is 12.3. The van der Waals surface area contributed by atoms with Gasteiger partial charge in [0.1, 0.15) is 0 Å². The Morgan fingerprint density at radius 1 is 1.39 bits per heavy atom. The Labute approximate surface area is 111 Å². The second-order valence-corrected chi connectivity index (χ2v) is 5.05. The normalized spacial score (nSPS) is 10.5. The zero-order chi connectivity index (χ0) is 12.8. The SMILES string of the molecule is CNCCc1ccccc1C(=O)Cc1cncs1. The molecule has 0 spiro atoms. The van der Waals surface area contributed by atoms with E-state index in [4.69, 9.17) is 0 Å². The fourth-order valence-corrected chi connectivity index (χ4v) is 2.45. The summed E-state index contributed by atoms with van der Waals surface area (Å²) in [5.74, 6) is 0.172. The number of thiazole rings is 1. The van der Waals surface area contributed by atoms with E-state index >= 15 is 0 Å². The molecule has 94 valence electrons. The van der Waals surface area contributed by atoms with Crippen LogP contribution in [-0.4, -0.2) is 24.4 Å². The van der Waals surface area contributed by atoms with Crippen molar-refractivity contribution in [2.24, 2.45) is 0 Å². The van der Waals surface area contributed by atoms with Crippen LogP contribution in [-0.2, 0) is 12.8 Å². The molecule has 0 unspecified atom stereocenters. The number of hydrogen-bond donors (Lipinski definition) is 1. The first-order chi connectivity index (χ1) is 8.81. The summed E-state index contributed by atoms with van der Waals surface area (Å²) in [4.78, 5) is 17.3. The molecule has 0 fully saturated rings. The molecule has 0 bridgehead atoms. The summed E-state index contributed by atoms with van der Waals surface area (Å²) in [5.41, 5.74) is 3.71. The fourth-order valence-electron chi connectivity index (χ4n) is 1.85. The Bertz CT molecular complexity index is 508. The molecule has 1 aromatic carbocycles. The van der Waals surface area contributed by atoms with Gasteiger partial charge in [0.25, 0.3) is 0 Å². The van der Waals surface area contributed by atoms with Gasteiger partial charge in [-0.25, -0.2) is 0 Å². The molecule has 0 aliphatic carbocycles. The van der Waals surface area contributed by atoms with Crippen LogP contribution in [0, 0.1) is 0 Å². The number of benzene rings is 1. The van der Waals surface area contributed by atoms with Crippen LogP contribution in [0.25, 0.3) is 0 Å². The topological polar surface area (TPSA) is 42.0 Å². The number of hydrogen-bond acceptors (Lipinski definition) is 4. The first kappa shape index (κ1) is 12.9. The van der Waals surface area contributed by atoms with Crippen molar-refractivity contribution in [2.45, 2.75) is 12.8 Å². The lowest BCUT2D eigenvalue weighted by molar-refractivity contribution is 0.0993. The van der Waals surface area contributed by atoms with E-state index in [-0.39, 0.29) is 5.78 Å². The van der Waals surface area contributed by atoms with Crippen LogP contribution >= 0.6 is 11.3 Å². The summed E-state index contributed by atoms with van der Waals surface area (Å²) in [6.45, 7) is 0.880. The zero-order valence-electron chi connectivity index (χ0n) is 10.3. The van der Waals surface area contributed by atoms with Gasteiger partial charge in [0, 0.05) is 23.1 Å². The Kier molecular flexibility index (Phi) is 4.61. The average molecular weight is 260 g/mol. The van der Waals surface area contributed by atoms with Gasteiger partial charge >= 0.3 is 0 Å². The molecule has 0 saturated carbocycles. The number of ketones is 1. The Morgan fingerprint density at radius 2 is 2.22 bits per heavy atom. The summed E-state index contributed by atoms with van der Waals surface area (Å²) in [6.07, 6.45) is 3.08. The number of nitrogens with one attached hydrogen (secondary N) is 1. The first-order valence-electron chi connectivity index (χ1n) is 5.94. The molecule has 0 aliphatic rings. The van der Waals surface area contributed by atoms with Gasteiger partial charge < -0.3 is 5.32 Å². The van der Waals surface area contributed by atoms with E-state index in [1.54, 1.807) is 11.7 Å². The fraction of sp³-hybridized carbons (Fsp3) is 0.286. The number of carbonyl (C=O) groups is 1. The van der Waals surface area contributed by atoms with Crippen LogP contribution in [0.4, 0.5) is 0 Å². The molecule has 1 heterocycles. The maximum Gasteiger partial charge on any atom is 0.168 e. The zero-order valence-corrected chi connectivity index (χ0v) is 11.2. The van der Waals surface area contributed by atoms with E-state index in [1.807, 2.05) is 31.3 Å². The highest BCUT2D eigenvalue weighted by atomic mass is 32.1. The Balaban J connectivity index is 2.13. The van der Waals surface area contributed by atoms with Crippen molar-refractivity contribution in [3.05, 3.63) is 52.0 Å². The van der Waals surface area contributed by atoms with E-state index in [2.05, 4.69) is 10.3 Å². The second-order valence-electron chi connectivity index (χ2n) is 4.08. The molecule has 0 saturated heterocycles. The number of carbonyl (C=O) groups excluding carboxylic acids is 1. The quantitative estimate of drug-likeness (QED) is 0.811. The minimum atomic E-state index is 0.172. The predicted molar refractivity (Wildman–Crippen MR) is 74.2 cm³/mol. The third-order valence-corrected chi connectivity index (χ3v) is 3.56. The minimum Gasteiger partial charge on any atom is -0.319 e. The van der Waals surface area contributed by atoms with Crippen molar-refractivity contribution >= 4 is 17.1 Å². The Morgan fingerprint density at radius 3 is 2.94 bits per heavy atom. The van der Waals surface area contributed by atoms with Gasteiger partial charge in [0.05, 0.1) is 5.51 Å². The molecule has 0 aliphatic heterocycles. The number of nitrogens with zero attached hydrogens (tertiary/aromatic N) is 1. The first-order valence-corrected chi connectivity index (χ1v) is 6.82. The van der Waals surface area contributed by atoms with Crippen molar-refractivity contribution in [3.8, 4) is 0 Å². The van der Waals surface area contributed by atoms with E-state index in [0.717, 1.165) is 29.0 Å². The highest BCUT2D eigenvalue weighted by Crippen LogP contribution is 2.15. The number of Topliss-reactive ketones (excluding diaryl/α,β-unsaturated/α-hetero) is 1. The Hall–Kier alpha value is -1.52. The van der Waals surface area contributed by atoms with Gasteiger partial charge in [-0.3, -0.25) is 9.78 Å². The lowest BCUT2D eigenvalue weighted by Gasteiger charge is -2.07. The van der Waals surface area contributed by atoms with Gasteiger partial charge in [-0.05, 0) is 25.6 Å². The van der Waals surface area contributed by atoms with Gasteiger partial charge in [0.2, 0.25) is 0 Å². The van der Waals surface area contributed by atoms with E-state index < -0.39 is 0 Å². The second kappa shape index (κ2) is 6.42. The average Bonchev–Trinajstić information content (AvgIpc) is 2.89. The van der Waals surface area contributed by atoms with Crippen LogP contribution < -0.4 is 5.32 Å². The number of rotatable bonds is 6. The standard InChI is InChI=1S/C14H16N2OS/c1-15-7-6-11-4-2-3-5-13(11)14(17)8-12-9-16-10-18-12/h2-5,9-10,15H,6-8H2,1H3. The van der Waals surface area contributed by atoms with Crippen LogP contribution in [0.3, 0.4) is 0 Å². The van der Waals surface area contributed by atoms with Crippen molar-refractivity contribution in [2.75, 3.05) is 13.6 Å². The third kappa shape index (κ3) is 3.24. The van der Waals surface area contributed by atoms with Crippen LogP contribution in [0.15, 0.2) is 36.0 Å². The summed E-state index contributed by atoms with van der Waals surface area (Å²) in [7, 11) is 1.92. The van der Waals surface area contributed by atoms with Crippen LogP contribution in [0.2, 0.25) is 0 Å². The maximum atomic E-state index is 12.3. The largest absolute Gasteiger partial charge is 0.319 e. The molecular formula is C14H16N2OS. The van der Waals surface area contributed by atoms with Gasteiger partial charge in [-0.1, -0.05) is 24.3 Å². The summed E-state index contributed by atoms with van der Waals surface area (Å²) < 4.78 is 0. The van der Waals surface area contributed by atoms with Crippen molar-refractivity contribution in [1.29, 1.82) is 0 Å². The van der Waals surface area contributed by atoms with Crippen molar-refractivity contribution in [3.63, 3.8) is 0 Å². The molecule has 3 nitrogen and oxygen atoms in total. The van der Waals surface area contributed by atoms with Gasteiger partial charge in [-0.2, -0.15) is 0 Å². The molecule has 0 radical (unpaired) electrons. The monoisotopic (exact) mass is 260 g/mol. The predicted octanol–water partition coefficient (Wildman–Crippen LogP) is 2.33. The molecule has 0 atom stereocenters. The van der Waals surface area contributed by atoms with Crippen LogP contribution in [0.1, 0.15) is 20.8 Å². The van der Waals surface area contributed by atoms with Crippen LogP contribution in [0.5, 0.6) is 0 Å². The van der Waals surface area contributed by atoms with Crippen molar-refractivity contribution in [1.82, 2.24) is 10.3 Å². The molecule has 4 heteroatoms. The van der Waals surface area contributed by atoms with E-state index in [1.165, 1.54) is 11.3 Å². The number of aromatic nitrogens is 1. The lowest BCUT2D eigenvalue weighted by Crippen LogP contribution is -2.13. The summed E-state index contributed by atoms with van der Waals surface area (Å²) in [5, 5.41) is 3.11. The molecule has 1 N–H and O–H groups in total. The van der Waals surface area contributed by atoms with E-state index in [9.17, 15) is 4.79 Å².